The molecular formula is C18H17NO3. The zero-order chi connectivity index (χ0) is 15.5. The molecule has 1 aliphatic rings. The lowest BCUT2D eigenvalue weighted by Crippen LogP contribution is -2.34. The van der Waals surface area contributed by atoms with Crippen molar-refractivity contribution in [3.05, 3.63) is 65.2 Å². The molecule has 0 saturated carbocycles. The van der Waals surface area contributed by atoms with Crippen LogP contribution in [-0.4, -0.2) is 19.0 Å². The molecule has 1 amide bonds. The summed E-state index contributed by atoms with van der Waals surface area (Å²) in [6, 6.07) is 15.3. The highest BCUT2D eigenvalue weighted by Gasteiger charge is 2.25. The number of nitrogens with zero attached hydrogens (tertiary/aromatic N) is 1. The number of amides is 1. The third kappa shape index (κ3) is 2.72. The third-order valence-electron chi connectivity index (χ3n) is 3.89. The van der Waals surface area contributed by atoms with E-state index in [0.29, 0.717) is 24.9 Å². The first-order valence-electron chi connectivity index (χ1n) is 7.24. The van der Waals surface area contributed by atoms with Gasteiger partial charge in [0, 0.05) is 12.1 Å². The molecule has 4 nitrogen and oxygen atoms in total. The van der Waals surface area contributed by atoms with Gasteiger partial charge < -0.3 is 9.64 Å². The van der Waals surface area contributed by atoms with Gasteiger partial charge in [0.05, 0.1) is 19.2 Å². The fourth-order valence-electron chi connectivity index (χ4n) is 2.72. The van der Waals surface area contributed by atoms with E-state index in [1.807, 2.05) is 36.4 Å². The Labute approximate surface area is 129 Å². The maximum Gasteiger partial charge on any atom is 0.337 e. The van der Waals surface area contributed by atoms with Crippen molar-refractivity contribution in [2.45, 2.75) is 19.4 Å². The van der Waals surface area contributed by atoms with Gasteiger partial charge in [-0.15, -0.1) is 0 Å². The van der Waals surface area contributed by atoms with E-state index in [4.69, 9.17) is 4.74 Å². The number of carbonyl (C=O) groups excluding carboxylic acids is 2. The molecular weight excluding hydrogens is 278 g/mol. The first-order valence-corrected chi connectivity index (χ1v) is 7.24. The maximum atomic E-state index is 12.3. The number of rotatable bonds is 3. The topological polar surface area (TPSA) is 46.6 Å². The molecule has 22 heavy (non-hydrogen) atoms. The van der Waals surface area contributed by atoms with Gasteiger partial charge in [-0.2, -0.15) is 0 Å². The Balaban J connectivity index is 1.98. The predicted octanol–water partition coefficient (Wildman–Crippen LogP) is 2.95. The molecule has 2 aromatic carbocycles. The van der Waals surface area contributed by atoms with Crippen molar-refractivity contribution in [1.82, 2.24) is 0 Å². The highest BCUT2D eigenvalue weighted by molar-refractivity contribution is 5.98. The Kier molecular flexibility index (Phi) is 3.92. The highest BCUT2D eigenvalue weighted by Crippen LogP contribution is 2.30. The van der Waals surface area contributed by atoms with Crippen LogP contribution in [0.5, 0.6) is 0 Å². The molecule has 0 atom stereocenters. The Morgan fingerprint density at radius 2 is 1.91 bits per heavy atom. The molecule has 0 aromatic heterocycles. The molecule has 2 aromatic rings. The highest BCUT2D eigenvalue weighted by atomic mass is 16.5. The summed E-state index contributed by atoms with van der Waals surface area (Å²) in [6.45, 7) is 0.511. The second-order valence-electron chi connectivity index (χ2n) is 5.30. The number of aryl methyl sites for hydroxylation is 1. The average Bonchev–Trinajstić information content (AvgIpc) is 2.57. The molecule has 0 fully saturated rings. The number of hydrogen-bond donors (Lipinski definition) is 0. The van der Waals surface area contributed by atoms with Gasteiger partial charge in [0.2, 0.25) is 5.91 Å². The van der Waals surface area contributed by atoms with Crippen LogP contribution in [0, 0.1) is 0 Å². The fraction of sp³-hybridized carbons (Fsp3) is 0.222. The standard InChI is InChI=1S/C18H17NO3/c1-22-18(21)15-8-7-14-9-10-17(20)19(16(14)11-15)12-13-5-3-2-4-6-13/h2-8,11H,9-10,12H2,1H3. The van der Waals surface area contributed by atoms with Crippen molar-refractivity contribution >= 4 is 17.6 Å². The summed E-state index contributed by atoms with van der Waals surface area (Å²) < 4.78 is 4.77. The van der Waals surface area contributed by atoms with Crippen LogP contribution in [0.25, 0.3) is 0 Å². The van der Waals surface area contributed by atoms with Crippen LogP contribution < -0.4 is 4.90 Å². The average molecular weight is 295 g/mol. The summed E-state index contributed by atoms with van der Waals surface area (Å²) in [7, 11) is 1.36. The van der Waals surface area contributed by atoms with E-state index in [2.05, 4.69) is 0 Å². The van der Waals surface area contributed by atoms with Gasteiger partial charge in [-0.1, -0.05) is 36.4 Å². The Morgan fingerprint density at radius 1 is 1.14 bits per heavy atom. The van der Waals surface area contributed by atoms with Gasteiger partial charge in [0.15, 0.2) is 0 Å². The van der Waals surface area contributed by atoms with Crippen molar-refractivity contribution in [2.75, 3.05) is 12.0 Å². The minimum atomic E-state index is -0.388. The summed E-state index contributed by atoms with van der Waals surface area (Å²) in [6.07, 6.45) is 1.21. The number of ether oxygens (including phenoxy) is 1. The predicted molar refractivity (Wildman–Crippen MR) is 83.7 cm³/mol. The fourth-order valence-corrected chi connectivity index (χ4v) is 2.72. The van der Waals surface area contributed by atoms with Crippen LogP contribution in [0.15, 0.2) is 48.5 Å². The summed E-state index contributed by atoms with van der Waals surface area (Å²) in [5.74, 6) is -0.307. The number of fused-ring (bicyclic) bond motifs is 1. The molecule has 3 rings (SSSR count). The molecule has 0 unspecified atom stereocenters. The van der Waals surface area contributed by atoms with E-state index >= 15 is 0 Å². The monoisotopic (exact) mass is 295 g/mol. The molecule has 0 bridgehead atoms. The number of hydrogen-bond acceptors (Lipinski definition) is 3. The molecule has 0 radical (unpaired) electrons. The lowest BCUT2D eigenvalue weighted by atomic mass is 9.98. The first kappa shape index (κ1) is 14.3. The second-order valence-corrected chi connectivity index (χ2v) is 5.30. The molecule has 0 saturated heterocycles. The van der Waals surface area contributed by atoms with Crippen LogP contribution in [0.2, 0.25) is 0 Å². The molecule has 0 spiro atoms. The summed E-state index contributed by atoms with van der Waals surface area (Å²) in [5.41, 5.74) is 3.42. The van der Waals surface area contributed by atoms with E-state index in [9.17, 15) is 9.59 Å². The minimum Gasteiger partial charge on any atom is -0.465 e. The quantitative estimate of drug-likeness (QED) is 0.818. The number of methoxy groups -OCH3 is 1. The molecule has 4 heteroatoms. The SMILES string of the molecule is COC(=O)c1ccc2c(c1)N(Cc1ccccc1)C(=O)CC2. The van der Waals surface area contributed by atoms with Crippen molar-refractivity contribution < 1.29 is 14.3 Å². The Bertz CT molecular complexity index is 710. The van der Waals surface area contributed by atoms with Gasteiger partial charge in [0.1, 0.15) is 0 Å². The Morgan fingerprint density at radius 3 is 2.64 bits per heavy atom. The third-order valence-corrected chi connectivity index (χ3v) is 3.89. The largest absolute Gasteiger partial charge is 0.465 e. The van der Waals surface area contributed by atoms with Gasteiger partial charge in [-0.25, -0.2) is 4.79 Å². The van der Waals surface area contributed by atoms with Crippen molar-refractivity contribution in [3.63, 3.8) is 0 Å². The van der Waals surface area contributed by atoms with Gasteiger partial charge in [-0.3, -0.25) is 4.79 Å². The minimum absolute atomic E-state index is 0.0818. The normalized spacial score (nSPS) is 13.7. The summed E-state index contributed by atoms with van der Waals surface area (Å²) >= 11 is 0. The molecule has 112 valence electrons. The van der Waals surface area contributed by atoms with Crippen LogP contribution in [0.4, 0.5) is 5.69 Å². The zero-order valence-electron chi connectivity index (χ0n) is 12.4. The summed E-state index contributed by atoms with van der Waals surface area (Å²) in [5, 5.41) is 0. The summed E-state index contributed by atoms with van der Waals surface area (Å²) in [4.78, 5) is 25.8. The van der Waals surface area contributed by atoms with Gasteiger partial charge in [0.25, 0.3) is 0 Å². The number of esters is 1. The lowest BCUT2D eigenvalue weighted by molar-refractivity contribution is -0.119. The maximum absolute atomic E-state index is 12.3. The molecule has 1 heterocycles. The van der Waals surface area contributed by atoms with E-state index in [1.165, 1.54) is 7.11 Å². The van der Waals surface area contributed by atoms with Crippen molar-refractivity contribution in [3.8, 4) is 0 Å². The van der Waals surface area contributed by atoms with E-state index in [1.54, 1.807) is 17.0 Å². The van der Waals surface area contributed by atoms with Crippen LogP contribution in [0.3, 0.4) is 0 Å². The second kappa shape index (κ2) is 6.02. The van der Waals surface area contributed by atoms with Crippen LogP contribution in [-0.2, 0) is 22.5 Å². The van der Waals surface area contributed by atoms with Crippen LogP contribution in [0.1, 0.15) is 27.9 Å². The smallest absolute Gasteiger partial charge is 0.337 e. The molecule has 1 aliphatic heterocycles. The zero-order valence-corrected chi connectivity index (χ0v) is 12.4. The van der Waals surface area contributed by atoms with Gasteiger partial charge >= 0.3 is 5.97 Å². The van der Waals surface area contributed by atoms with E-state index < -0.39 is 0 Å². The van der Waals surface area contributed by atoms with E-state index in [0.717, 1.165) is 16.8 Å². The molecule has 0 aliphatic carbocycles. The Hall–Kier alpha value is -2.62. The lowest BCUT2D eigenvalue weighted by Gasteiger charge is -2.30. The number of anilines is 1. The molecule has 0 N–H and O–H groups in total. The van der Waals surface area contributed by atoms with Crippen molar-refractivity contribution in [1.29, 1.82) is 0 Å². The number of benzene rings is 2. The van der Waals surface area contributed by atoms with Crippen molar-refractivity contribution in [2.24, 2.45) is 0 Å². The first-order chi connectivity index (χ1) is 10.7. The van der Waals surface area contributed by atoms with E-state index in [-0.39, 0.29) is 11.9 Å². The van der Waals surface area contributed by atoms with Crippen LogP contribution >= 0.6 is 0 Å². The van der Waals surface area contributed by atoms with Gasteiger partial charge in [-0.05, 0) is 29.7 Å². The number of carbonyl (C=O) groups is 2.